The summed E-state index contributed by atoms with van der Waals surface area (Å²) in [6.07, 6.45) is 0.241. The van der Waals surface area contributed by atoms with Crippen molar-refractivity contribution in [1.82, 2.24) is 9.78 Å². The normalized spacial score (nSPS) is 11.1. The van der Waals surface area contributed by atoms with Crippen LogP contribution >= 0.6 is 15.9 Å². The van der Waals surface area contributed by atoms with Gasteiger partial charge in [-0.3, -0.25) is 4.79 Å². The highest BCUT2D eigenvalue weighted by Crippen LogP contribution is 2.15. The van der Waals surface area contributed by atoms with Gasteiger partial charge in [0.05, 0.1) is 30.5 Å². The molecule has 1 amide bonds. The number of anilines is 1. The second kappa shape index (κ2) is 8.27. The van der Waals surface area contributed by atoms with E-state index in [1.807, 2.05) is 6.07 Å². The molecule has 0 aliphatic carbocycles. The molecule has 0 fully saturated rings. The Morgan fingerprint density at radius 2 is 2.16 bits per heavy atom. The number of nitrogens with one attached hydrogen (secondary N) is 1. The van der Waals surface area contributed by atoms with Crippen LogP contribution in [0.3, 0.4) is 0 Å². The highest BCUT2D eigenvalue weighted by atomic mass is 79.9. The number of amides is 1. The van der Waals surface area contributed by atoms with Crippen molar-refractivity contribution in [3.63, 3.8) is 0 Å². The van der Waals surface area contributed by atoms with Crippen LogP contribution in [0.1, 0.15) is 17.7 Å². The van der Waals surface area contributed by atoms with E-state index in [1.165, 1.54) is 4.68 Å². The van der Waals surface area contributed by atoms with E-state index in [4.69, 9.17) is 5.26 Å². The van der Waals surface area contributed by atoms with Crippen LogP contribution in [0.5, 0.6) is 0 Å². The molecule has 0 unspecified atom stereocenters. The average Bonchev–Trinajstić information content (AvgIpc) is 2.83. The molecule has 0 saturated carbocycles. The minimum Gasteiger partial charge on any atom is -0.310 e. The van der Waals surface area contributed by atoms with E-state index >= 15 is 0 Å². The number of hydrogen-bond donors (Lipinski definition) is 1. The Hall–Kier alpha value is -2.18. The lowest BCUT2D eigenvalue weighted by molar-refractivity contribution is -0.113. The summed E-state index contributed by atoms with van der Waals surface area (Å²) in [5, 5.41) is 15.4. The quantitative estimate of drug-likeness (QED) is 0.734. The molecule has 25 heavy (non-hydrogen) atoms. The number of benzene rings is 1. The van der Waals surface area contributed by atoms with Crippen molar-refractivity contribution < 1.29 is 13.2 Å². The topological polar surface area (TPSA) is 105 Å². The number of carbonyl (C=O) groups is 1. The Kier molecular flexibility index (Phi) is 6.33. The van der Waals surface area contributed by atoms with Crippen molar-refractivity contribution >= 4 is 37.5 Å². The summed E-state index contributed by atoms with van der Waals surface area (Å²) in [7, 11) is -3.61. The van der Waals surface area contributed by atoms with Crippen LogP contribution in [0.15, 0.2) is 34.8 Å². The first-order valence-electron chi connectivity index (χ1n) is 7.45. The Morgan fingerprint density at radius 1 is 1.40 bits per heavy atom. The largest absolute Gasteiger partial charge is 0.310 e. The van der Waals surface area contributed by atoms with Crippen LogP contribution in [0, 0.1) is 18.3 Å². The monoisotopic (exact) mass is 424 g/mol. The molecule has 132 valence electrons. The van der Waals surface area contributed by atoms with Crippen LogP contribution in [0.2, 0.25) is 0 Å². The Morgan fingerprint density at radius 3 is 2.84 bits per heavy atom. The summed E-state index contributed by atoms with van der Waals surface area (Å²) in [4.78, 5) is 12.1. The minimum atomic E-state index is -3.61. The molecule has 0 spiro atoms. The fourth-order valence-corrected chi connectivity index (χ4v) is 3.99. The fraction of sp³-hybridized carbons (Fsp3) is 0.312. The van der Waals surface area contributed by atoms with Crippen molar-refractivity contribution in [1.29, 1.82) is 5.26 Å². The van der Waals surface area contributed by atoms with Gasteiger partial charge in [0.15, 0.2) is 9.84 Å². The maximum atomic E-state index is 12.2. The summed E-state index contributed by atoms with van der Waals surface area (Å²) < 4.78 is 26.7. The van der Waals surface area contributed by atoms with Crippen LogP contribution in [-0.2, 0) is 26.9 Å². The van der Waals surface area contributed by atoms with E-state index in [9.17, 15) is 13.2 Å². The van der Waals surface area contributed by atoms with Crippen molar-refractivity contribution in [2.24, 2.45) is 0 Å². The molecule has 2 aromatic rings. The van der Waals surface area contributed by atoms with Crippen molar-refractivity contribution in [2.75, 3.05) is 11.1 Å². The second-order valence-electron chi connectivity index (χ2n) is 5.51. The molecule has 9 heteroatoms. The van der Waals surface area contributed by atoms with Gasteiger partial charge < -0.3 is 5.32 Å². The molecule has 0 radical (unpaired) electrons. The number of sulfone groups is 1. The van der Waals surface area contributed by atoms with E-state index in [2.05, 4.69) is 26.3 Å². The van der Waals surface area contributed by atoms with E-state index in [0.717, 1.165) is 4.47 Å². The van der Waals surface area contributed by atoms with Gasteiger partial charge in [0, 0.05) is 10.5 Å². The van der Waals surface area contributed by atoms with Crippen LogP contribution < -0.4 is 5.32 Å². The molecule has 0 saturated heterocycles. The molecule has 7 nitrogen and oxygen atoms in total. The molecule has 2 rings (SSSR count). The number of carbonyl (C=O) groups excluding carboxylic acids is 1. The molecule has 0 aliphatic rings. The third kappa shape index (κ3) is 5.99. The van der Waals surface area contributed by atoms with Gasteiger partial charge in [0.25, 0.3) is 0 Å². The molecule has 1 N–H and O–H groups in total. The van der Waals surface area contributed by atoms with Crippen molar-refractivity contribution in [3.8, 4) is 6.07 Å². The maximum Gasteiger partial charge on any atom is 0.240 e. The maximum absolute atomic E-state index is 12.2. The van der Waals surface area contributed by atoms with Gasteiger partial charge in [-0.2, -0.15) is 10.4 Å². The van der Waals surface area contributed by atoms with E-state index < -0.39 is 21.5 Å². The highest BCUT2D eigenvalue weighted by Gasteiger charge is 2.19. The molecule has 1 aromatic carbocycles. The smallest absolute Gasteiger partial charge is 0.240 e. The summed E-state index contributed by atoms with van der Waals surface area (Å²) in [5.41, 5.74) is 1.28. The van der Waals surface area contributed by atoms with E-state index in [1.54, 1.807) is 37.3 Å². The lowest BCUT2D eigenvalue weighted by Gasteiger charge is -2.08. The van der Waals surface area contributed by atoms with Gasteiger partial charge in [-0.25, -0.2) is 13.1 Å². The molecule has 1 aromatic heterocycles. The number of halogens is 1. The van der Waals surface area contributed by atoms with Gasteiger partial charge in [0.2, 0.25) is 5.91 Å². The minimum absolute atomic E-state index is 0.216. The van der Waals surface area contributed by atoms with Gasteiger partial charge in [-0.15, -0.1) is 0 Å². The number of nitriles is 1. The molecule has 1 heterocycles. The van der Waals surface area contributed by atoms with Crippen LogP contribution in [0.4, 0.5) is 5.82 Å². The number of nitrogens with zero attached hydrogens (tertiary/aromatic N) is 3. The van der Waals surface area contributed by atoms with Gasteiger partial charge >= 0.3 is 0 Å². The first-order chi connectivity index (χ1) is 11.8. The van der Waals surface area contributed by atoms with Crippen LogP contribution in [-0.4, -0.2) is 29.9 Å². The molecule has 0 atom stereocenters. The molecule has 0 bridgehead atoms. The molecular formula is C16H17BrN4O3S. The van der Waals surface area contributed by atoms with Crippen molar-refractivity contribution in [3.05, 3.63) is 46.1 Å². The zero-order chi connectivity index (χ0) is 18.4. The standard InChI is InChI=1S/C16H17BrN4O3S/c1-12-8-15(21(20-12)7-3-6-18)19-16(22)11-25(23,24)10-13-4-2-5-14(17)9-13/h2,4-5,8-9H,3,7,10-11H2,1H3,(H,19,22). The van der Waals surface area contributed by atoms with E-state index in [-0.39, 0.29) is 12.2 Å². The zero-order valence-electron chi connectivity index (χ0n) is 13.6. The lowest BCUT2D eigenvalue weighted by Crippen LogP contribution is -2.25. The summed E-state index contributed by atoms with van der Waals surface area (Å²) in [6, 6.07) is 10.6. The summed E-state index contributed by atoms with van der Waals surface area (Å²) >= 11 is 3.29. The first-order valence-corrected chi connectivity index (χ1v) is 10.1. The predicted octanol–water partition coefficient (Wildman–Crippen LogP) is 2.42. The SMILES string of the molecule is Cc1cc(NC(=O)CS(=O)(=O)Cc2cccc(Br)c2)n(CCC#N)n1. The van der Waals surface area contributed by atoms with E-state index in [0.29, 0.717) is 23.6 Å². The fourth-order valence-electron chi connectivity index (χ4n) is 2.28. The number of rotatable bonds is 7. The van der Waals surface area contributed by atoms with Crippen LogP contribution in [0.25, 0.3) is 0 Å². The Bertz CT molecular complexity index is 916. The van der Waals surface area contributed by atoms with Gasteiger partial charge in [0.1, 0.15) is 11.6 Å². The van der Waals surface area contributed by atoms with Crippen molar-refractivity contribution in [2.45, 2.75) is 25.6 Å². The Balaban J connectivity index is 2.03. The second-order valence-corrected chi connectivity index (χ2v) is 8.49. The first kappa shape index (κ1) is 19.1. The predicted molar refractivity (Wildman–Crippen MR) is 97.5 cm³/mol. The average molecular weight is 425 g/mol. The third-order valence-corrected chi connectivity index (χ3v) is 5.20. The summed E-state index contributed by atoms with van der Waals surface area (Å²) in [5.74, 6) is -1.09. The number of aryl methyl sites for hydroxylation is 2. The summed E-state index contributed by atoms with van der Waals surface area (Å²) in [6.45, 7) is 2.08. The Labute approximate surface area is 154 Å². The number of hydrogen-bond acceptors (Lipinski definition) is 5. The zero-order valence-corrected chi connectivity index (χ0v) is 16.0. The van der Waals surface area contributed by atoms with Gasteiger partial charge in [-0.1, -0.05) is 28.1 Å². The van der Waals surface area contributed by atoms with Gasteiger partial charge in [-0.05, 0) is 24.6 Å². The third-order valence-electron chi connectivity index (χ3n) is 3.23. The highest BCUT2D eigenvalue weighted by molar-refractivity contribution is 9.10. The number of aromatic nitrogens is 2. The molecule has 0 aliphatic heterocycles. The molecular weight excluding hydrogens is 408 g/mol. The lowest BCUT2D eigenvalue weighted by atomic mass is 10.2.